The summed E-state index contributed by atoms with van der Waals surface area (Å²) < 4.78 is 8.65. The number of ether oxygens (including phenoxy) is 1. The quantitative estimate of drug-likeness (QED) is 0.615. The molecule has 1 heterocycles. The molecule has 130 valence electrons. The number of tetrazole rings is 1. The van der Waals surface area contributed by atoms with Crippen LogP contribution in [-0.2, 0) is 19.7 Å². The lowest BCUT2D eigenvalue weighted by molar-refractivity contribution is 0.303. The van der Waals surface area contributed by atoms with Crippen LogP contribution in [0.1, 0.15) is 18.1 Å². The van der Waals surface area contributed by atoms with Gasteiger partial charge in [0.1, 0.15) is 12.4 Å². The van der Waals surface area contributed by atoms with Crippen molar-refractivity contribution in [3.63, 3.8) is 0 Å². The summed E-state index contributed by atoms with van der Waals surface area (Å²) in [5.41, 5.74) is 1.94. The van der Waals surface area contributed by atoms with E-state index in [0.29, 0.717) is 30.7 Å². The third kappa shape index (κ3) is 4.49. The van der Waals surface area contributed by atoms with E-state index in [4.69, 9.17) is 16.3 Å². The first-order chi connectivity index (χ1) is 12.2. The molecule has 0 aliphatic carbocycles. The third-order valence-corrected chi connectivity index (χ3v) is 4.49. The average molecular weight is 423 g/mol. The number of aryl methyl sites for hydroxylation is 1. The molecule has 0 fully saturated rings. The van der Waals surface area contributed by atoms with E-state index in [0.717, 1.165) is 21.3 Å². The molecule has 0 unspecified atom stereocenters. The Bertz CT molecular complexity index is 855. The summed E-state index contributed by atoms with van der Waals surface area (Å²) in [6, 6.07) is 13.5. The van der Waals surface area contributed by atoms with Crippen LogP contribution in [0.2, 0.25) is 5.02 Å². The van der Waals surface area contributed by atoms with Gasteiger partial charge in [-0.3, -0.25) is 0 Å². The molecule has 0 saturated carbocycles. The molecular weight excluding hydrogens is 406 g/mol. The van der Waals surface area contributed by atoms with Crippen LogP contribution in [0, 0.1) is 0 Å². The van der Waals surface area contributed by atoms with Crippen LogP contribution >= 0.6 is 27.5 Å². The second-order valence-corrected chi connectivity index (χ2v) is 6.63. The average Bonchev–Trinajstić information content (AvgIpc) is 3.08. The molecule has 3 rings (SSSR count). The monoisotopic (exact) mass is 421 g/mol. The Morgan fingerprint density at radius 2 is 2.04 bits per heavy atom. The highest BCUT2D eigenvalue weighted by Gasteiger charge is 2.09. The van der Waals surface area contributed by atoms with Crippen molar-refractivity contribution in [2.75, 3.05) is 5.32 Å². The zero-order chi connectivity index (χ0) is 17.6. The molecule has 8 heteroatoms. The summed E-state index contributed by atoms with van der Waals surface area (Å²) in [6.07, 6.45) is 0. The van der Waals surface area contributed by atoms with E-state index < -0.39 is 0 Å². The predicted octanol–water partition coefficient (Wildman–Crippen LogP) is 4.30. The Balaban J connectivity index is 1.73. The smallest absolute Gasteiger partial charge is 0.243 e. The lowest BCUT2D eigenvalue weighted by atomic mass is 10.2. The molecule has 0 atom stereocenters. The molecule has 1 aromatic heterocycles. The second-order valence-electron chi connectivity index (χ2n) is 5.30. The number of benzene rings is 2. The van der Waals surface area contributed by atoms with Crippen molar-refractivity contribution in [2.24, 2.45) is 0 Å². The van der Waals surface area contributed by atoms with E-state index in [1.807, 2.05) is 49.4 Å². The fraction of sp³-hybridized carbons (Fsp3) is 0.235. The first-order valence-corrected chi connectivity index (χ1v) is 8.99. The Kier molecular flexibility index (Phi) is 5.88. The summed E-state index contributed by atoms with van der Waals surface area (Å²) >= 11 is 9.69. The Labute approximate surface area is 159 Å². The topological polar surface area (TPSA) is 64.9 Å². The minimum atomic E-state index is 0.404. The molecule has 0 amide bonds. The fourth-order valence-corrected chi connectivity index (χ4v) is 2.92. The number of nitrogens with zero attached hydrogens (tertiary/aromatic N) is 4. The molecule has 2 aromatic carbocycles. The molecule has 25 heavy (non-hydrogen) atoms. The fourth-order valence-electron chi connectivity index (χ4n) is 2.32. The highest BCUT2D eigenvalue weighted by Crippen LogP contribution is 2.26. The van der Waals surface area contributed by atoms with Crippen LogP contribution in [0.4, 0.5) is 5.95 Å². The van der Waals surface area contributed by atoms with Crippen LogP contribution in [-0.4, -0.2) is 20.2 Å². The number of anilines is 1. The van der Waals surface area contributed by atoms with Crippen LogP contribution < -0.4 is 10.1 Å². The maximum absolute atomic E-state index is 6.19. The minimum Gasteiger partial charge on any atom is -0.488 e. The lowest BCUT2D eigenvalue weighted by Gasteiger charge is -2.13. The van der Waals surface area contributed by atoms with Crippen LogP contribution in [0.3, 0.4) is 0 Å². The summed E-state index contributed by atoms with van der Waals surface area (Å²) in [6.45, 7) is 3.63. The van der Waals surface area contributed by atoms with Gasteiger partial charge >= 0.3 is 0 Å². The summed E-state index contributed by atoms with van der Waals surface area (Å²) in [5.74, 6) is 1.41. The van der Waals surface area contributed by atoms with Gasteiger partial charge in [-0.25, -0.2) is 4.68 Å². The van der Waals surface area contributed by atoms with E-state index in [2.05, 4.69) is 36.8 Å². The summed E-state index contributed by atoms with van der Waals surface area (Å²) in [7, 11) is 0. The highest BCUT2D eigenvalue weighted by atomic mass is 79.9. The largest absolute Gasteiger partial charge is 0.488 e. The zero-order valence-corrected chi connectivity index (χ0v) is 16.0. The number of halogens is 2. The van der Waals surface area contributed by atoms with Crippen LogP contribution in [0.5, 0.6) is 5.75 Å². The van der Waals surface area contributed by atoms with Gasteiger partial charge < -0.3 is 10.1 Å². The minimum absolute atomic E-state index is 0.404. The van der Waals surface area contributed by atoms with Crippen LogP contribution in [0.25, 0.3) is 0 Å². The Hall–Kier alpha value is -2.12. The second kappa shape index (κ2) is 8.31. The zero-order valence-electron chi connectivity index (χ0n) is 13.6. The molecule has 0 bridgehead atoms. The molecule has 0 aliphatic rings. The van der Waals surface area contributed by atoms with E-state index in [1.54, 1.807) is 4.68 Å². The number of aromatic nitrogens is 4. The van der Waals surface area contributed by atoms with Crippen molar-refractivity contribution < 1.29 is 4.74 Å². The van der Waals surface area contributed by atoms with Crippen molar-refractivity contribution in [2.45, 2.75) is 26.6 Å². The molecule has 0 saturated heterocycles. The van der Waals surface area contributed by atoms with Crippen molar-refractivity contribution in [3.05, 3.63) is 63.1 Å². The van der Waals surface area contributed by atoms with E-state index >= 15 is 0 Å². The number of rotatable bonds is 7. The molecule has 6 nitrogen and oxygen atoms in total. The molecular formula is C17H17BrClN5O. The van der Waals surface area contributed by atoms with Gasteiger partial charge in [-0.15, -0.1) is 0 Å². The summed E-state index contributed by atoms with van der Waals surface area (Å²) in [5, 5.41) is 15.5. The molecule has 3 aromatic rings. The number of hydrogen-bond acceptors (Lipinski definition) is 5. The van der Waals surface area contributed by atoms with E-state index in [1.165, 1.54) is 0 Å². The first kappa shape index (κ1) is 17.7. The van der Waals surface area contributed by atoms with Crippen molar-refractivity contribution in [1.29, 1.82) is 0 Å². The number of nitrogens with one attached hydrogen (secondary N) is 1. The van der Waals surface area contributed by atoms with Gasteiger partial charge in [0.25, 0.3) is 0 Å². The van der Waals surface area contributed by atoms with Crippen LogP contribution in [0.15, 0.2) is 46.9 Å². The van der Waals surface area contributed by atoms with E-state index in [-0.39, 0.29) is 0 Å². The Morgan fingerprint density at radius 1 is 1.20 bits per heavy atom. The molecule has 1 N–H and O–H groups in total. The Morgan fingerprint density at radius 3 is 2.84 bits per heavy atom. The van der Waals surface area contributed by atoms with Gasteiger partial charge in [0, 0.05) is 33.7 Å². The molecule has 0 radical (unpaired) electrons. The standard InChI is InChI=1S/C17H17BrClN5O/c1-2-24-17(21-22-23-24)20-10-13-9-14(18)7-8-16(13)25-11-12-5-3-4-6-15(12)19/h3-9H,2,10-11H2,1H3,(H,20,21,23). The first-order valence-electron chi connectivity index (χ1n) is 7.82. The van der Waals surface area contributed by atoms with Gasteiger partial charge in [0.15, 0.2) is 0 Å². The lowest BCUT2D eigenvalue weighted by Crippen LogP contribution is -2.09. The SMILES string of the molecule is CCn1nnnc1NCc1cc(Br)ccc1OCc1ccccc1Cl. The van der Waals surface area contributed by atoms with Crippen molar-refractivity contribution in [1.82, 2.24) is 20.2 Å². The molecule has 0 aliphatic heterocycles. The maximum atomic E-state index is 6.19. The molecule has 0 spiro atoms. The van der Waals surface area contributed by atoms with Gasteiger partial charge in [-0.1, -0.05) is 50.8 Å². The summed E-state index contributed by atoms with van der Waals surface area (Å²) in [4.78, 5) is 0. The number of hydrogen-bond donors (Lipinski definition) is 1. The predicted molar refractivity (Wildman–Crippen MR) is 101 cm³/mol. The van der Waals surface area contributed by atoms with Crippen molar-refractivity contribution in [3.8, 4) is 5.75 Å². The van der Waals surface area contributed by atoms with Gasteiger partial charge in [-0.2, -0.15) is 0 Å². The highest BCUT2D eigenvalue weighted by molar-refractivity contribution is 9.10. The van der Waals surface area contributed by atoms with Crippen molar-refractivity contribution >= 4 is 33.5 Å². The van der Waals surface area contributed by atoms with E-state index in [9.17, 15) is 0 Å². The van der Waals surface area contributed by atoms with Gasteiger partial charge in [0.2, 0.25) is 5.95 Å². The third-order valence-electron chi connectivity index (χ3n) is 3.63. The van der Waals surface area contributed by atoms with Gasteiger partial charge in [-0.05, 0) is 41.6 Å². The van der Waals surface area contributed by atoms with Gasteiger partial charge in [0.05, 0.1) is 0 Å². The normalized spacial score (nSPS) is 10.7. The maximum Gasteiger partial charge on any atom is 0.243 e.